The van der Waals surface area contributed by atoms with E-state index in [9.17, 15) is 4.79 Å². The first-order valence-electron chi connectivity index (χ1n) is 7.28. The molecule has 6 nitrogen and oxygen atoms in total. The number of aromatic nitrogens is 1. The van der Waals surface area contributed by atoms with E-state index in [1.165, 1.54) is 11.3 Å². The van der Waals surface area contributed by atoms with Crippen molar-refractivity contribution in [3.8, 4) is 0 Å². The highest BCUT2D eigenvalue weighted by molar-refractivity contribution is 7.09. The number of thiazole rings is 1. The number of nitrogens with two attached hydrogens (primary N) is 1. The summed E-state index contributed by atoms with van der Waals surface area (Å²) < 4.78 is 0. The minimum atomic E-state index is -0.117. The van der Waals surface area contributed by atoms with Crippen LogP contribution in [0.5, 0.6) is 0 Å². The van der Waals surface area contributed by atoms with Gasteiger partial charge in [0.2, 0.25) is 0 Å². The van der Waals surface area contributed by atoms with Crippen LogP contribution in [0.25, 0.3) is 0 Å². The highest BCUT2D eigenvalue weighted by atomic mass is 32.1. The Morgan fingerprint density at radius 1 is 1.43 bits per heavy atom. The summed E-state index contributed by atoms with van der Waals surface area (Å²) in [5.41, 5.74) is 5.94. The van der Waals surface area contributed by atoms with Gasteiger partial charge in [-0.05, 0) is 20.9 Å². The van der Waals surface area contributed by atoms with Gasteiger partial charge in [-0.15, -0.1) is 11.3 Å². The fourth-order valence-corrected chi connectivity index (χ4v) is 3.07. The summed E-state index contributed by atoms with van der Waals surface area (Å²) >= 11 is 1.43. The number of nitrogens with zero attached hydrogens (tertiary/aromatic N) is 3. The number of likely N-dealkylation sites (N-methyl/N-ethyl adjacent to an activating group) is 1. The largest absolute Gasteiger partial charge is 0.349 e. The van der Waals surface area contributed by atoms with Crippen molar-refractivity contribution < 1.29 is 4.79 Å². The minimum Gasteiger partial charge on any atom is -0.349 e. The number of nitrogens with one attached hydrogen (secondary N) is 1. The van der Waals surface area contributed by atoms with E-state index >= 15 is 0 Å². The SMILES string of the molecule is CN1CCN(C(C)(C)CNC(=O)c2csc(CN)n2)CC1. The second-order valence-electron chi connectivity index (χ2n) is 6.12. The minimum absolute atomic E-state index is 0.0519. The molecule has 1 aliphatic heterocycles. The zero-order valence-corrected chi connectivity index (χ0v) is 13.9. The molecule has 118 valence electrons. The second-order valence-corrected chi connectivity index (χ2v) is 7.06. The molecule has 0 aromatic carbocycles. The van der Waals surface area contributed by atoms with Crippen molar-refractivity contribution in [2.45, 2.75) is 25.9 Å². The van der Waals surface area contributed by atoms with Crippen molar-refractivity contribution in [2.24, 2.45) is 5.73 Å². The molecule has 1 aromatic rings. The van der Waals surface area contributed by atoms with Gasteiger partial charge in [-0.3, -0.25) is 9.69 Å². The van der Waals surface area contributed by atoms with Gasteiger partial charge in [-0.1, -0.05) is 0 Å². The number of rotatable bonds is 5. The molecule has 0 radical (unpaired) electrons. The van der Waals surface area contributed by atoms with Crippen LogP contribution in [0, 0.1) is 0 Å². The van der Waals surface area contributed by atoms with Crippen LogP contribution in [0.15, 0.2) is 5.38 Å². The summed E-state index contributed by atoms with van der Waals surface area (Å²) in [5, 5.41) is 5.55. The molecule has 0 unspecified atom stereocenters. The number of hydrogen-bond donors (Lipinski definition) is 2. The number of carbonyl (C=O) groups is 1. The maximum absolute atomic E-state index is 12.1. The molecule has 0 atom stereocenters. The lowest BCUT2D eigenvalue weighted by molar-refractivity contribution is 0.0587. The van der Waals surface area contributed by atoms with Crippen LogP contribution >= 0.6 is 11.3 Å². The van der Waals surface area contributed by atoms with E-state index in [0.29, 0.717) is 18.8 Å². The molecule has 1 fully saturated rings. The van der Waals surface area contributed by atoms with Gasteiger partial charge in [-0.25, -0.2) is 4.98 Å². The lowest BCUT2D eigenvalue weighted by Gasteiger charge is -2.43. The van der Waals surface area contributed by atoms with Gasteiger partial charge in [0.05, 0.1) is 0 Å². The van der Waals surface area contributed by atoms with Crippen molar-refractivity contribution in [1.82, 2.24) is 20.1 Å². The Morgan fingerprint density at radius 2 is 2.10 bits per heavy atom. The van der Waals surface area contributed by atoms with Gasteiger partial charge in [0, 0.05) is 50.2 Å². The number of hydrogen-bond acceptors (Lipinski definition) is 6. The molecule has 2 rings (SSSR count). The van der Waals surface area contributed by atoms with E-state index in [-0.39, 0.29) is 11.4 Å². The third-order valence-electron chi connectivity index (χ3n) is 4.00. The van der Waals surface area contributed by atoms with Gasteiger partial charge < -0.3 is 16.0 Å². The predicted octanol–water partition coefficient (Wildman–Crippen LogP) is 0.358. The van der Waals surface area contributed by atoms with Gasteiger partial charge in [0.1, 0.15) is 10.7 Å². The first-order valence-corrected chi connectivity index (χ1v) is 8.16. The quantitative estimate of drug-likeness (QED) is 0.821. The van der Waals surface area contributed by atoms with E-state index in [1.54, 1.807) is 5.38 Å². The van der Waals surface area contributed by atoms with Gasteiger partial charge in [0.25, 0.3) is 5.91 Å². The Bertz CT molecular complexity index is 479. The summed E-state index contributed by atoms with van der Waals surface area (Å²) in [6.07, 6.45) is 0. The van der Waals surface area contributed by atoms with E-state index in [4.69, 9.17) is 5.73 Å². The molecular weight excluding hydrogens is 286 g/mol. The first kappa shape index (κ1) is 16.4. The summed E-state index contributed by atoms with van der Waals surface area (Å²) in [6.45, 7) is 9.55. The molecule has 0 spiro atoms. The van der Waals surface area contributed by atoms with E-state index in [2.05, 4.69) is 41.0 Å². The van der Waals surface area contributed by atoms with Crippen LogP contribution in [0.1, 0.15) is 29.3 Å². The first-order chi connectivity index (χ1) is 9.92. The van der Waals surface area contributed by atoms with Crippen LogP contribution in [0.2, 0.25) is 0 Å². The normalized spacial score (nSPS) is 17.9. The molecule has 7 heteroatoms. The Kier molecular flexibility index (Phi) is 5.32. The molecule has 1 saturated heterocycles. The van der Waals surface area contributed by atoms with Crippen LogP contribution < -0.4 is 11.1 Å². The maximum Gasteiger partial charge on any atom is 0.270 e. The van der Waals surface area contributed by atoms with Crippen molar-refractivity contribution >= 4 is 17.2 Å². The smallest absolute Gasteiger partial charge is 0.270 e. The Morgan fingerprint density at radius 3 is 2.67 bits per heavy atom. The number of piperazine rings is 1. The fourth-order valence-electron chi connectivity index (χ4n) is 2.42. The highest BCUT2D eigenvalue weighted by Crippen LogP contribution is 2.16. The van der Waals surface area contributed by atoms with E-state index in [1.807, 2.05) is 0 Å². The summed E-state index contributed by atoms with van der Waals surface area (Å²) in [6, 6.07) is 0. The summed E-state index contributed by atoms with van der Waals surface area (Å²) in [4.78, 5) is 21.1. The van der Waals surface area contributed by atoms with Crippen LogP contribution in [-0.2, 0) is 6.54 Å². The van der Waals surface area contributed by atoms with Crippen molar-refractivity contribution in [3.05, 3.63) is 16.1 Å². The van der Waals surface area contributed by atoms with Gasteiger partial charge >= 0.3 is 0 Å². The Labute approximate surface area is 130 Å². The Hall–Kier alpha value is -1.02. The average molecular weight is 311 g/mol. The fraction of sp³-hybridized carbons (Fsp3) is 0.714. The summed E-state index contributed by atoms with van der Waals surface area (Å²) in [5.74, 6) is -0.117. The molecule has 1 amide bonds. The molecular formula is C14H25N5OS. The number of carbonyl (C=O) groups excluding carboxylic acids is 1. The third kappa shape index (κ3) is 4.23. The Balaban J connectivity index is 1.87. The lowest BCUT2D eigenvalue weighted by atomic mass is 10.0. The zero-order chi connectivity index (χ0) is 15.5. The summed E-state index contributed by atoms with van der Waals surface area (Å²) in [7, 11) is 2.14. The maximum atomic E-state index is 12.1. The average Bonchev–Trinajstić information content (AvgIpc) is 2.94. The molecule has 0 aliphatic carbocycles. The predicted molar refractivity (Wildman–Crippen MR) is 85.5 cm³/mol. The molecule has 0 saturated carbocycles. The van der Waals surface area contributed by atoms with Crippen molar-refractivity contribution in [3.63, 3.8) is 0 Å². The second kappa shape index (κ2) is 6.83. The molecule has 3 N–H and O–H groups in total. The molecule has 0 bridgehead atoms. The van der Waals surface area contributed by atoms with Gasteiger partial charge in [0.15, 0.2) is 0 Å². The van der Waals surface area contributed by atoms with Crippen molar-refractivity contribution in [2.75, 3.05) is 39.8 Å². The molecule has 21 heavy (non-hydrogen) atoms. The zero-order valence-electron chi connectivity index (χ0n) is 13.1. The molecule has 1 aromatic heterocycles. The third-order valence-corrected chi connectivity index (χ3v) is 4.87. The molecule has 1 aliphatic rings. The van der Waals surface area contributed by atoms with Crippen molar-refractivity contribution in [1.29, 1.82) is 0 Å². The monoisotopic (exact) mass is 311 g/mol. The lowest BCUT2D eigenvalue weighted by Crippen LogP contribution is -2.57. The van der Waals surface area contributed by atoms with E-state index in [0.717, 1.165) is 31.2 Å². The van der Waals surface area contributed by atoms with Gasteiger partial charge in [-0.2, -0.15) is 0 Å². The standard InChI is InChI=1S/C14H25N5OS/c1-14(2,19-6-4-18(3)5-7-19)10-16-13(20)11-9-21-12(8-15)17-11/h9H,4-8,10,15H2,1-3H3,(H,16,20). The topological polar surface area (TPSA) is 74.5 Å². The van der Waals surface area contributed by atoms with Crippen LogP contribution in [-0.4, -0.2) is 66.0 Å². The molecule has 2 heterocycles. The van der Waals surface area contributed by atoms with Crippen LogP contribution in [0.4, 0.5) is 0 Å². The van der Waals surface area contributed by atoms with Crippen LogP contribution in [0.3, 0.4) is 0 Å². The highest BCUT2D eigenvalue weighted by Gasteiger charge is 2.29. The van der Waals surface area contributed by atoms with E-state index < -0.39 is 0 Å². The number of amides is 1.